The number of aromatic nitrogens is 1. The highest BCUT2D eigenvalue weighted by Gasteiger charge is 2.16. The van der Waals surface area contributed by atoms with Crippen molar-refractivity contribution in [1.82, 2.24) is 10.3 Å². The maximum absolute atomic E-state index is 4.75. The van der Waals surface area contributed by atoms with Crippen LogP contribution in [0.2, 0.25) is 0 Å². The number of aryl methyl sites for hydroxylation is 2. The molecule has 1 heterocycles. The molecule has 0 spiro atoms. The smallest absolute Gasteiger partial charge is 0.123 e. The molecule has 1 aromatic heterocycles. The SMILES string of the molecule is Cc1cccc(-c2nc(C)c(CNC3CCCC3)s2)c1. The van der Waals surface area contributed by atoms with Gasteiger partial charge in [0.15, 0.2) is 0 Å². The van der Waals surface area contributed by atoms with Crippen LogP contribution in [-0.4, -0.2) is 11.0 Å². The number of nitrogens with zero attached hydrogens (tertiary/aromatic N) is 1. The number of hydrogen-bond acceptors (Lipinski definition) is 3. The van der Waals surface area contributed by atoms with Crippen molar-refractivity contribution in [2.75, 3.05) is 0 Å². The van der Waals surface area contributed by atoms with Gasteiger partial charge in [-0.3, -0.25) is 0 Å². The van der Waals surface area contributed by atoms with Crippen molar-refractivity contribution < 1.29 is 0 Å². The Hall–Kier alpha value is -1.19. The molecule has 20 heavy (non-hydrogen) atoms. The van der Waals surface area contributed by atoms with E-state index in [9.17, 15) is 0 Å². The summed E-state index contributed by atoms with van der Waals surface area (Å²) in [4.78, 5) is 6.13. The van der Waals surface area contributed by atoms with Crippen LogP contribution in [0, 0.1) is 13.8 Å². The van der Waals surface area contributed by atoms with Gasteiger partial charge in [-0.1, -0.05) is 36.6 Å². The van der Waals surface area contributed by atoms with Crippen molar-refractivity contribution in [1.29, 1.82) is 0 Å². The van der Waals surface area contributed by atoms with E-state index in [1.807, 2.05) is 11.3 Å². The van der Waals surface area contributed by atoms with E-state index in [2.05, 4.69) is 43.4 Å². The van der Waals surface area contributed by atoms with Crippen LogP contribution in [0.15, 0.2) is 24.3 Å². The van der Waals surface area contributed by atoms with Gasteiger partial charge in [-0.15, -0.1) is 11.3 Å². The maximum Gasteiger partial charge on any atom is 0.123 e. The fourth-order valence-electron chi connectivity index (χ4n) is 2.86. The number of nitrogens with one attached hydrogen (secondary N) is 1. The lowest BCUT2D eigenvalue weighted by Crippen LogP contribution is -2.25. The molecule has 0 amide bonds. The molecular weight excluding hydrogens is 264 g/mol. The lowest BCUT2D eigenvalue weighted by atomic mass is 10.1. The molecule has 1 aliphatic rings. The third kappa shape index (κ3) is 3.10. The van der Waals surface area contributed by atoms with Crippen molar-refractivity contribution in [3.63, 3.8) is 0 Å². The lowest BCUT2D eigenvalue weighted by molar-refractivity contribution is 0.526. The fourth-order valence-corrected chi connectivity index (χ4v) is 3.87. The number of rotatable bonds is 4. The Balaban J connectivity index is 1.73. The van der Waals surface area contributed by atoms with E-state index in [1.165, 1.54) is 47.4 Å². The molecule has 0 bridgehead atoms. The van der Waals surface area contributed by atoms with Gasteiger partial charge in [0.2, 0.25) is 0 Å². The average Bonchev–Trinajstić information content (AvgIpc) is 3.06. The first-order valence-corrected chi connectivity index (χ1v) is 8.31. The first kappa shape index (κ1) is 13.8. The van der Waals surface area contributed by atoms with Crippen LogP contribution in [0.1, 0.15) is 41.8 Å². The van der Waals surface area contributed by atoms with Gasteiger partial charge in [0.05, 0.1) is 5.69 Å². The predicted molar refractivity (Wildman–Crippen MR) is 86.1 cm³/mol. The molecule has 3 rings (SSSR count). The van der Waals surface area contributed by atoms with Crippen LogP contribution in [-0.2, 0) is 6.54 Å². The highest BCUT2D eigenvalue weighted by molar-refractivity contribution is 7.15. The second-order valence-electron chi connectivity index (χ2n) is 5.76. The molecule has 1 fully saturated rings. The van der Waals surface area contributed by atoms with E-state index in [1.54, 1.807) is 0 Å². The molecule has 0 unspecified atom stereocenters. The lowest BCUT2D eigenvalue weighted by Gasteiger charge is -2.10. The summed E-state index contributed by atoms with van der Waals surface area (Å²) in [5, 5.41) is 4.83. The van der Waals surface area contributed by atoms with Gasteiger partial charge < -0.3 is 5.32 Å². The first-order chi connectivity index (χ1) is 9.72. The molecule has 0 saturated heterocycles. The van der Waals surface area contributed by atoms with E-state index in [-0.39, 0.29) is 0 Å². The van der Waals surface area contributed by atoms with Crippen molar-refractivity contribution in [3.8, 4) is 10.6 Å². The third-order valence-corrected chi connectivity index (χ3v) is 5.27. The molecule has 2 nitrogen and oxygen atoms in total. The van der Waals surface area contributed by atoms with Crippen LogP contribution >= 0.6 is 11.3 Å². The van der Waals surface area contributed by atoms with Gasteiger partial charge in [0.1, 0.15) is 5.01 Å². The van der Waals surface area contributed by atoms with Gasteiger partial charge in [-0.05, 0) is 32.8 Å². The monoisotopic (exact) mass is 286 g/mol. The zero-order chi connectivity index (χ0) is 13.9. The van der Waals surface area contributed by atoms with E-state index >= 15 is 0 Å². The zero-order valence-electron chi connectivity index (χ0n) is 12.3. The number of benzene rings is 1. The van der Waals surface area contributed by atoms with Gasteiger partial charge in [-0.25, -0.2) is 4.98 Å². The second kappa shape index (κ2) is 6.06. The molecule has 1 saturated carbocycles. The topological polar surface area (TPSA) is 24.9 Å². The number of hydrogen-bond donors (Lipinski definition) is 1. The van der Waals surface area contributed by atoms with Crippen molar-refractivity contribution in [3.05, 3.63) is 40.4 Å². The molecule has 0 atom stereocenters. The van der Waals surface area contributed by atoms with Crippen LogP contribution in [0.25, 0.3) is 10.6 Å². The molecule has 1 aliphatic carbocycles. The quantitative estimate of drug-likeness (QED) is 0.897. The fraction of sp³-hybridized carbons (Fsp3) is 0.471. The summed E-state index contributed by atoms with van der Waals surface area (Å²) < 4.78 is 0. The Morgan fingerprint density at radius 1 is 1.25 bits per heavy atom. The predicted octanol–water partition coefficient (Wildman–Crippen LogP) is 4.46. The Labute approximate surface area is 125 Å². The Morgan fingerprint density at radius 2 is 2.05 bits per heavy atom. The van der Waals surface area contributed by atoms with Crippen LogP contribution in [0.4, 0.5) is 0 Å². The Morgan fingerprint density at radius 3 is 2.80 bits per heavy atom. The minimum atomic E-state index is 0.721. The van der Waals surface area contributed by atoms with Gasteiger partial charge in [0.25, 0.3) is 0 Å². The van der Waals surface area contributed by atoms with Crippen molar-refractivity contribution in [2.45, 2.75) is 52.1 Å². The Kier molecular flexibility index (Phi) is 4.18. The first-order valence-electron chi connectivity index (χ1n) is 7.49. The van der Waals surface area contributed by atoms with E-state index in [0.717, 1.165) is 17.6 Å². The highest BCUT2D eigenvalue weighted by Crippen LogP contribution is 2.29. The zero-order valence-corrected chi connectivity index (χ0v) is 13.1. The summed E-state index contributed by atoms with van der Waals surface area (Å²) in [6, 6.07) is 9.33. The normalized spacial score (nSPS) is 15.9. The van der Waals surface area contributed by atoms with Crippen LogP contribution in [0.5, 0.6) is 0 Å². The maximum atomic E-state index is 4.75. The summed E-state index contributed by atoms with van der Waals surface area (Å²) in [6.45, 7) is 5.23. The van der Waals surface area contributed by atoms with E-state index in [4.69, 9.17) is 4.98 Å². The van der Waals surface area contributed by atoms with Gasteiger partial charge in [0, 0.05) is 23.0 Å². The van der Waals surface area contributed by atoms with Gasteiger partial charge in [-0.2, -0.15) is 0 Å². The third-order valence-electron chi connectivity index (χ3n) is 4.06. The van der Waals surface area contributed by atoms with E-state index in [0.29, 0.717) is 0 Å². The average molecular weight is 286 g/mol. The summed E-state index contributed by atoms with van der Waals surface area (Å²) in [5.74, 6) is 0. The highest BCUT2D eigenvalue weighted by atomic mass is 32.1. The van der Waals surface area contributed by atoms with Crippen LogP contribution < -0.4 is 5.32 Å². The molecule has 3 heteroatoms. The largest absolute Gasteiger partial charge is 0.309 e. The molecule has 0 aliphatic heterocycles. The van der Waals surface area contributed by atoms with Crippen molar-refractivity contribution >= 4 is 11.3 Å². The molecular formula is C17H22N2S. The van der Waals surface area contributed by atoms with Crippen LogP contribution in [0.3, 0.4) is 0 Å². The molecule has 1 N–H and O–H groups in total. The minimum absolute atomic E-state index is 0.721. The molecule has 1 aromatic carbocycles. The summed E-state index contributed by atoms with van der Waals surface area (Å²) in [6.07, 6.45) is 5.44. The number of thiazole rings is 1. The summed E-state index contributed by atoms with van der Waals surface area (Å²) in [5.41, 5.74) is 3.71. The minimum Gasteiger partial charge on any atom is -0.309 e. The molecule has 0 radical (unpaired) electrons. The summed E-state index contributed by atoms with van der Waals surface area (Å²) in [7, 11) is 0. The Bertz CT molecular complexity index is 582. The molecule has 2 aromatic rings. The van der Waals surface area contributed by atoms with E-state index < -0.39 is 0 Å². The van der Waals surface area contributed by atoms with Gasteiger partial charge >= 0.3 is 0 Å². The summed E-state index contributed by atoms with van der Waals surface area (Å²) >= 11 is 1.83. The van der Waals surface area contributed by atoms with Crippen molar-refractivity contribution in [2.24, 2.45) is 0 Å². The molecule has 106 valence electrons. The second-order valence-corrected chi connectivity index (χ2v) is 6.84. The standard InChI is InChI=1S/C17H22N2S/c1-12-6-5-7-14(10-12)17-19-13(2)16(20-17)11-18-15-8-3-4-9-15/h5-7,10,15,18H,3-4,8-9,11H2,1-2H3.